The molecule has 5 rings (SSSR count). The van der Waals surface area contributed by atoms with Crippen LogP contribution in [0.15, 0.2) is 30.6 Å². The van der Waals surface area contributed by atoms with E-state index in [1.165, 1.54) is 24.9 Å². The van der Waals surface area contributed by atoms with Gasteiger partial charge in [-0.25, -0.2) is 15.0 Å². The van der Waals surface area contributed by atoms with Crippen LogP contribution in [0.4, 0.5) is 17.5 Å². The fourth-order valence-electron chi connectivity index (χ4n) is 4.37. The number of anilines is 3. The fourth-order valence-corrected chi connectivity index (χ4v) is 4.37. The summed E-state index contributed by atoms with van der Waals surface area (Å²) in [6, 6.07) is 8.35. The Labute approximate surface area is 184 Å². The van der Waals surface area contributed by atoms with Crippen molar-refractivity contribution in [3.8, 4) is 0 Å². The van der Waals surface area contributed by atoms with Crippen LogP contribution in [-0.2, 0) is 11.3 Å². The van der Waals surface area contributed by atoms with Gasteiger partial charge in [0.05, 0.1) is 6.61 Å². The standard InChI is InChI=1S/C21H27N7O4/c22-18-15-19(25-11-24-18)28(20-17(31)16(30)14(10-29)32-20)21(26-15)23-9-12-3-5-13(6-4-12)27-7-1-2-8-27/h3-6,11,14,16-17,20,29-31H,1-2,7-10H2,(H,23,26)(H2,22,24,25)/t14-,16-,17-,20-/m1/s1. The van der Waals surface area contributed by atoms with Crippen LogP contribution in [0, 0.1) is 0 Å². The number of aliphatic hydroxyl groups excluding tert-OH is 3. The summed E-state index contributed by atoms with van der Waals surface area (Å²) in [5.41, 5.74) is 8.97. The van der Waals surface area contributed by atoms with E-state index < -0.39 is 31.1 Å². The lowest BCUT2D eigenvalue weighted by atomic mass is 10.1. The van der Waals surface area contributed by atoms with Crippen molar-refractivity contribution in [2.75, 3.05) is 35.6 Å². The van der Waals surface area contributed by atoms with Crippen LogP contribution in [0.1, 0.15) is 24.6 Å². The molecule has 2 aliphatic heterocycles. The number of hydrogen-bond donors (Lipinski definition) is 5. The molecule has 1 aromatic carbocycles. The highest BCUT2D eigenvalue weighted by atomic mass is 16.6. The van der Waals surface area contributed by atoms with Crippen molar-refractivity contribution in [1.82, 2.24) is 19.5 Å². The maximum absolute atomic E-state index is 10.6. The molecule has 11 nitrogen and oxygen atoms in total. The van der Waals surface area contributed by atoms with Crippen LogP contribution >= 0.6 is 0 Å². The number of ether oxygens (including phenoxy) is 1. The molecule has 2 saturated heterocycles. The van der Waals surface area contributed by atoms with Crippen LogP contribution in [0.25, 0.3) is 11.2 Å². The number of nitrogen functional groups attached to an aromatic ring is 1. The topological polar surface area (TPSA) is 155 Å². The highest BCUT2D eigenvalue weighted by Gasteiger charge is 2.45. The first-order chi connectivity index (χ1) is 15.6. The van der Waals surface area contributed by atoms with Gasteiger partial charge in [0.15, 0.2) is 23.2 Å². The maximum Gasteiger partial charge on any atom is 0.207 e. The molecule has 32 heavy (non-hydrogen) atoms. The van der Waals surface area contributed by atoms with E-state index >= 15 is 0 Å². The van der Waals surface area contributed by atoms with Crippen LogP contribution < -0.4 is 16.0 Å². The van der Waals surface area contributed by atoms with Crippen LogP contribution in [0.2, 0.25) is 0 Å². The van der Waals surface area contributed by atoms with Gasteiger partial charge in [0.1, 0.15) is 24.6 Å². The first-order valence-electron chi connectivity index (χ1n) is 10.8. The number of fused-ring (bicyclic) bond motifs is 1. The normalized spacial score (nSPS) is 25.7. The molecule has 6 N–H and O–H groups in total. The van der Waals surface area contributed by atoms with Gasteiger partial charge in [0.25, 0.3) is 0 Å². The maximum atomic E-state index is 10.6. The number of benzene rings is 1. The highest BCUT2D eigenvalue weighted by molar-refractivity contribution is 5.84. The van der Waals surface area contributed by atoms with Crippen molar-refractivity contribution in [1.29, 1.82) is 0 Å². The number of aliphatic hydroxyl groups is 3. The minimum atomic E-state index is -1.28. The largest absolute Gasteiger partial charge is 0.394 e. The zero-order chi connectivity index (χ0) is 22.2. The fraction of sp³-hybridized carbons (Fsp3) is 0.476. The smallest absolute Gasteiger partial charge is 0.207 e. The lowest BCUT2D eigenvalue weighted by molar-refractivity contribution is -0.0501. The molecular weight excluding hydrogens is 414 g/mol. The van der Waals surface area contributed by atoms with Gasteiger partial charge in [-0.15, -0.1) is 0 Å². The molecule has 3 aromatic rings. The van der Waals surface area contributed by atoms with Gasteiger partial charge in [-0.05, 0) is 30.5 Å². The Balaban J connectivity index is 1.42. The highest BCUT2D eigenvalue weighted by Crippen LogP contribution is 2.35. The monoisotopic (exact) mass is 441 g/mol. The third kappa shape index (κ3) is 3.62. The minimum Gasteiger partial charge on any atom is -0.394 e. The molecule has 0 unspecified atom stereocenters. The quantitative estimate of drug-likeness (QED) is 0.359. The van der Waals surface area contributed by atoms with Crippen molar-refractivity contribution in [3.63, 3.8) is 0 Å². The Morgan fingerprint density at radius 3 is 2.53 bits per heavy atom. The molecule has 2 aliphatic rings. The second kappa shape index (κ2) is 8.51. The number of aromatic nitrogens is 4. The van der Waals surface area contributed by atoms with E-state index in [0.29, 0.717) is 23.7 Å². The first kappa shape index (κ1) is 20.9. The SMILES string of the molecule is Nc1ncnc2c1nc(NCc1ccc(N3CCCC3)cc1)n2[C@@H]1O[C@H](CO)[C@@H](O)[C@H]1O. The zero-order valence-corrected chi connectivity index (χ0v) is 17.5. The third-order valence-electron chi connectivity index (χ3n) is 6.14. The summed E-state index contributed by atoms with van der Waals surface area (Å²) in [5, 5.41) is 33.5. The molecular formula is C21H27N7O4. The van der Waals surface area contributed by atoms with Crippen molar-refractivity contribution in [3.05, 3.63) is 36.2 Å². The Hall–Kier alpha value is -2.99. The lowest BCUT2D eigenvalue weighted by Crippen LogP contribution is -2.33. The molecule has 0 saturated carbocycles. The van der Waals surface area contributed by atoms with Crippen molar-refractivity contribution >= 4 is 28.6 Å². The third-order valence-corrected chi connectivity index (χ3v) is 6.14. The van der Waals surface area contributed by atoms with Crippen molar-refractivity contribution < 1.29 is 20.1 Å². The predicted octanol–water partition coefficient (Wildman–Crippen LogP) is 0.232. The van der Waals surface area contributed by atoms with Gasteiger partial charge in [-0.3, -0.25) is 4.57 Å². The van der Waals surface area contributed by atoms with Gasteiger partial charge in [-0.1, -0.05) is 12.1 Å². The van der Waals surface area contributed by atoms with Gasteiger partial charge in [-0.2, -0.15) is 0 Å². The molecule has 2 fully saturated rings. The van der Waals surface area contributed by atoms with E-state index in [-0.39, 0.29) is 5.82 Å². The van der Waals surface area contributed by atoms with Crippen LogP contribution in [-0.4, -0.2) is 72.8 Å². The number of rotatable bonds is 6. The van der Waals surface area contributed by atoms with E-state index in [1.54, 1.807) is 4.57 Å². The number of nitrogens with two attached hydrogens (primary N) is 1. The minimum absolute atomic E-state index is 0.193. The summed E-state index contributed by atoms with van der Waals surface area (Å²) in [6.45, 7) is 2.22. The summed E-state index contributed by atoms with van der Waals surface area (Å²) in [7, 11) is 0. The molecule has 170 valence electrons. The average Bonchev–Trinajstić information content (AvgIpc) is 3.53. The Kier molecular flexibility index (Phi) is 5.55. The molecule has 11 heteroatoms. The Bertz CT molecular complexity index is 1080. The predicted molar refractivity (Wildman–Crippen MR) is 118 cm³/mol. The number of imidazole rings is 1. The molecule has 0 spiro atoms. The van der Waals surface area contributed by atoms with Gasteiger partial charge >= 0.3 is 0 Å². The molecule has 0 radical (unpaired) electrons. The summed E-state index contributed by atoms with van der Waals surface area (Å²) in [6.07, 6.45) is -0.676. The number of nitrogens with one attached hydrogen (secondary N) is 1. The van der Waals surface area contributed by atoms with Gasteiger partial charge in [0, 0.05) is 25.3 Å². The molecule has 0 amide bonds. The van der Waals surface area contributed by atoms with Crippen LogP contribution in [0.3, 0.4) is 0 Å². The van der Waals surface area contributed by atoms with Crippen molar-refractivity contribution in [2.45, 2.75) is 43.9 Å². The van der Waals surface area contributed by atoms with E-state index in [2.05, 4.69) is 49.4 Å². The summed E-state index contributed by atoms with van der Waals surface area (Å²) in [4.78, 5) is 15.1. The zero-order valence-electron chi connectivity index (χ0n) is 17.5. The van der Waals surface area contributed by atoms with Gasteiger partial charge in [0.2, 0.25) is 5.95 Å². The summed E-state index contributed by atoms with van der Waals surface area (Å²) < 4.78 is 7.27. The van der Waals surface area contributed by atoms with Gasteiger partial charge < -0.3 is 36.0 Å². The second-order valence-electron chi connectivity index (χ2n) is 8.18. The molecule has 0 bridgehead atoms. The number of hydrogen-bond acceptors (Lipinski definition) is 10. The van der Waals surface area contributed by atoms with E-state index in [9.17, 15) is 15.3 Å². The van der Waals surface area contributed by atoms with Crippen LogP contribution in [0.5, 0.6) is 0 Å². The number of nitrogens with zero attached hydrogens (tertiary/aromatic N) is 5. The summed E-state index contributed by atoms with van der Waals surface area (Å²) >= 11 is 0. The van der Waals surface area contributed by atoms with Crippen molar-refractivity contribution in [2.24, 2.45) is 0 Å². The Morgan fingerprint density at radius 1 is 1.09 bits per heavy atom. The van der Waals surface area contributed by atoms with E-state index in [1.807, 2.05) is 0 Å². The first-order valence-corrected chi connectivity index (χ1v) is 10.8. The molecule has 4 atom stereocenters. The molecule has 0 aliphatic carbocycles. The van der Waals surface area contributed by atoms with E-state index in [4.69, 9.17) is 10.5 Å². The summed E-state index contributed by atoms with van der Waals surface area (Å²) in [5.74, 6) is 0.559. The second-order valence-corrected chi connectivity index (χ2v) is 8.18. The Morgan fingerprint density at radius 2 is 1.84 bits per heavy atom. The van der Waals surface area contributed by atoms with E-state index in [0.717, 1.165) is 18.7 Å². The molecule has 2 aromatic heterocycles. The molecule has 4 heterocycles. The lowest BCUT2D eigenvalue weighted by Gasteiger charge is -2.20. The average molecular weight is 441 g/mol.